The summed E-state index contributed by atoms with van der Waals surface area (Å²) in [5.74, 6) is 0.571. The molecule has 1 aromatic carbocycles. The molecule has 4 nitrogen and oxygen atoms in total. The zero-order valence-electron chi connectivity index (χ0n) is 16.9. The lowest BCUT2D eigenvalue weighted by Crippen LogP contribution is -2.38. The first-order chi connectivity index (χ1) is 13.2. The summed E-state index contributed by atoms with van der Waals surface area (Å²) < 4.78 is 12.5. The molecule has 0 amide bonds. The maximum Gasteiger partial charge on any atom is 0.251 e. The summed E-state index contributed by atoms with van der Waals surface area (Å²) in [6, 6.07) is 7.47. The lowest BCUT2D eigenvalue weighted by Gasteiger charge is -2.28. The third-order valence-electron chi connectivity index (χ3n) is 5.24. The molecule has 0 aromatic heterocycles. The molecule has 0 bridgehead atoms. The van der Waals surface area contributed by atoms with Crippen LogP contribution in [0.5, 0.6) is 11.5 Å². The zero-order chi connectivity index (χ0) is 19.5. The fraction of sp³-hybridized carbons (Fsp3) is 0.652. The Morgan fingerprint density at radius 2 is 1.11 bits per heavy atom. The Labute approximate surface area is 164 Å². The largest absolute Gasteiger partial charge is 0.448 e. The Morgan fingerprint density at radius 1 is 0.704 bits per heavy atom. The van der Waals surface area contributed by atoms with E-state index in [4.69, 9.17) is 9.47 Å². The Balaban J connectivity index is 2.06. The van der Waals surface area contributed by atoms with Gasteiger partial charge >= 0.3 is 0 Å². The highest BCUT2D eigenvalue weighted by atomic mass is 16.7. The molecule has 0 saturated carbocycles. The summed E-state index contributed by atoms with van der Waals surface area (Å²) >= 11 is 0. The number of hydrogen-bond acceptors (Lipinski definition) is 4. The van der Waals surface area contributed by atoms with Gasteiger partial charge in [0.15, 0.2) is 11.5 Å². The average molecular weight is 369 g/mol. The zero-order valence-corrected chi connectivity index (χ0v) is 16.9. The van der Waals surface area contributed by atoms with Gasteiger partial charge in [-0.05, 0) is 12.8 Å². The molecule has 0 aliphatic carbocycles. The van der Waals surface area contributed by atoms with E-state index in [0.29, 0.717) is 22.6 Å². The average Bonchev–Trinajstić information content (AvgIpc) is 3.04. The minimum atomic E-state index is -0.637. The molecule has 1 aromatic rings. The smallest absolute Gasteiger partial charge is 0.251 e. The molecular formula is C23H32N2O2. The Bertz CT molecular complexity index is 626. The third-order valence-corrected chi connectivity index (χ3v) is 5.24. The summed E-state index contributed by atoms with van der Waals surface area (Å²) in [5.41, 5.74) is 0.697. The lowest BCUT2D eigenvalue weighted by molar-refractivity contribution is -0.0949. The first-order valence-corrected chi connectivity index (χ1v) is 10.5. The van der Waals surface area contributed by atoms with Gasteiger partial charge in [0.2, 0.25) is 0 Å². The van der Waals surface area contributed by atoms with E-state index in [-0.39, 0.29) is 0 Å². The van der Waals surface area contributed by atoms with Crippen molar-refractivity contribution < 1.29 is 9.47 Å². The van der Waals surface area contributed by atoms with E-state index in [9.17, 15) is 10.5 Å². The molecule has 27 heavy (non-hydrogen) atoms. The molecule has 146 valence electrons. The molecule has 1 aliphatic rings. The monoisotopic (exact) mass is 368 g/mol. The van der Waals surface area contributed by atoms with Crippen molar-refractivity contribution in [2.24, 2.45) is 0 Å². The molecule has 0 atom stereocenters. The van der Waals surface area contributed by atoms with Gasteiger partial charge in [-0.3, -0.25) is 0 Å². The van der Waals surface area contributed by atoms with Crippen LogP contribution in [-0.4, -0.2) is 5.79 Å². The fourth-order valence-electron chi connectivity index (χ4n) is 3.65. The van der Waals surface area contributed by atoms with Gasteiger partial charge in [0, 0.05) is 25.0 Å². The molecule has 0 spiro atoms. The fourth-order valence-corrected chi connectivity index (χ4v) is 3.65. The molecule has 0 saturated heterocycles. The summed E-state index contributed by atoms with van der Waals surface area (Å²) in [7, 11) is 0. The molecule has 2 rings (SSSR count). The highest BCUT2D eigenvalue weighted by Crippen LogP contribution is 2.45. The maximum absolute atomic E-state index is 9.26. The second-order valence-electron chi connectivity index (χ2n) is 7.51. The topological polar surface area (TPSA) is 66.0 Å². The van der Waals surface area contributed by atoms with E-state index in [2.05, 4.69) is 26.0 Å². The predicted molar refractivity (Wildman–Crippen MR) is 107 cm³/mol. The number of rotatable bonds is 12. The van der Waals surface area contributed by atoms with Crippen molar-refractivity contribution in [1.29, 1.82) is 10.5 Å². The molecule has 0 radical (unpaired) electrons. The van der Waals surface area contributed by atoms with Crippen molar-refractivity contribution >= 4 is 0 Å². The van der Waals surface area contributed by atoms with Gasteiger partial charge in [-0.15, -0.1) is 0 Å². The molecule has 0 unspecified atom stereocenters. The third kappa shape index (κ3) is 5.90. The van der Waals surface area contributed by atoms with E-state index in [1.165, 1.54) is 51.4 Å². The number of nitrogens with zero attached hydrogens (tertiary/aromatic N) is 2. The van der Waals surface area contributed by atoms with Crippen LogP contribution in [0.2, 0.25) is 0 Å². The van der Waals surface area contributed by atoms with Crippen LogP contribution in [-0.2, 0) is 0 Å². The minimum absolute atomic E-state index is 0.349. The minimum Gasteiger partial charge on any atom is -0.448 e. The van der Waals surface area contributed by atoms with Crippen LogP contribution in [0.1, 0.15) is 102 Å². The first kappa shape index (κ1) is 21.1. The summed E-state index contributed by atoms with van der Waals surface area (Å²) in [6.45, 7) is 4.44. The van der Waals surface area contributed by atoms with Crippen LogP contribution in [0.15, 0.2) is 12.1 Å². The van der Waals surface area contributed by atoms with Gasteiger partial charge in [-0.1, -0.05) is 65.2 Å². The first-order valence-electron chi connectivity index (χ1n) is 10.5. The van der Waals surface area contributed by atoms with Crippen molar-refractivity contribution in [1.82, 2.24) is 0 Å². The van der Waals surface area contributed by atoms with Gasteiger partial charge in [0.1, 0.15) is 12.1 Å². The van der Waals surface area contributed by atoms with E-state index >= 15 is 0 Å². The van der Waals surface area contributed by atoms with Crippen molar-refractivity contribution in [3.8, 4) is 23.6 Å². The van der Waals surface area contributed by atoms with Gasteiger partial charge < -0.3 is 9.47 Å². The maximum atomic E-state index is 9.26. The van der Waals surface area contributed by atoms with Gasteiger partial charge in [-0.2, -0.15) is 10.5 Å². The Hall–Kier alpha value is -2.20. The summed E-state index contributed by atoms with van der Waals surface area (Å²) in [4.78, 5) is 0. The SMILES string of the molecule is CCCCCCCC1(CCCCCCC)Oc2cc(C#N)c(C#N)cc2O1. The number of nitriles is 2. The van der Waals surface area contributed by atoms with Crippen molar-refractivity contribution in [2.45, 2.75) is 96.7 Å². The Morgan fingerprint density at radius 3 is 1.48 bits per heavy atom. The number of ether oxygens (including phenoxy) is 2. The van der Waals surface area contributed by atoms with E-state index in [1.807, 2.05) is 0 Å². The van der Waals surface area contributed by atoms with Crippen LogP contribution >= 0.6 is 0 Å². The van der Waals surface area contributed by atoms with E-state index in [0.717, 1.165) is 25.7 Å². The van der Waals surface area contributed by atoms with Crippen LogP contribution in [0.4, 0.5) is 0 Å². The number of fused-ring (bicyclic) bond motifs is 1. The van der Waals surface area contributed by atoms with Crippen LogP contribution in [0.25, 0.3) is 0 Å². The summed E-state index contributed by atoms with van der Waals surface area (Å²) in [6.07, 6.45) is 13.7. The highest BCUT2D eigenvalue weighted by molar-refractivity contribution is 5.57. The molecule has 0 N–H and O–H groups in total. The Kier molecular flexibility index (Phi) is 8.46. The van der Waals surface area contributed by atoms with Gasteiger partial charge in [0.05, 0.1) is 11.1 Å². The molecule has 1 heterocycles. The molecule has 4 heteroatoms. The highest BCUT2D eigenvalue weighted by Gasteiger charge is 2.41. The van der Waals surface area contributed by atoms with Crippen molar-refractivity contribution in [3.63, 3.8) is 0 Å². The molecule has 0 fully saturated rings. The van der Waals surface area contributed by atoms with Gasteiger partial charge in [-0.25, -0.2) is 0 Å². The predicted octanol–water partition coefficient (Wildman–Crippen LogP) is 6.62. The van der Waals surface area contributed by atoms with Crippen LogP contribution in [0.3, 0.4) is 0 Å². The number of unbranched alkanes of at least 4 members (excludes halogenated alkanes) is 8. The van der Waals surface area contributed by atoms with Gasteiger partial charge in [0.25, 0.3) is 5.79 Å². The normalized spacial score (nSPS) is 13.9. The molecular weight excluding hydrogens is 336 g/mol. The number of benzene rings is 1. The second kappa shape index (κ2) is 10.8. The quantitative estimate of drug-likeness (QED) is 0.389. The summed E-state index contributed by atoms with van der Waals surface area (Å²) in [5, 5.41) is 18.5. The van der Waals surface area contributed by atoms with E-state index < -0.39 is 5.79 Å². The second-order valence-corrected chi connectivity index (χ2v) is 7.51. The van der Waals surface area contributed by atoms with E-state index in [1.54, 1.807) is 12.1 Å². The van der Waals surface area contributed by atoms with Crippen molar-refractivity contribution in [2.75, 3.05) is 0 Å². The van der Waals surface area contributed by atoms with Crippen molar-refractivity contribution in [3.05, 3.63) is 23.3 Å². The molecule has 1 aliphatic heterocycles. The lowest BCUT2D eigenvalue weighted by atomic mass is 9.99. The van der Waals surface area contributed by atoms with Crippen LogP contribution in [0, 0.1) is 22.7 Å². The van der Waals surface area contributed by atoms with Crippen LogP contribution < -0.4 is 9.47 Å². The number of hydrogen-bond donors (Lipinski definition) is 0. The standard InChI is InChI=1S/C23H32N2O2/c1-3-5-7-9-11-13-23(14-12-10-8-6-4-2)26-21-15-19(17-24)20(18-25)16-22(21)27-23/h15-16H,3-14H2,1-2H3.